The summed E-state index contributed by atoms with van der Waals surface area (Å²) in [6, 6.07) is 17.6. The average molecular weight is 367 g/mol. The molecule has 0 unspecified atom stereocenters. The number of carbonyl (C=O) groups excluding carboxylic acids is 1. The fraction of sp³-hybridized carbons (Fsp3) is 0. The fourth-order valence-corrected chi connectivity index (χ4v) is 2.38. The number of hydrogen-bond donors (Lipinski definition) is 1. The number of nitrogens with one attached hydrogen (secondary N) is 1. The normalized spacial score (nSPS) is 11.0. The first-order chi connectivity index (χ1) is 12.5. The smallest absolute Gasteiger partial charge is 0.266 e. The number of furan rings is 1. The van der Waals surface area contributed by atoms with Crippen LogP contribution < -0.4 is 5.32 Å². The predicted octanol–water partition coefficient (Wildman–Crippen LogP) is 5.28. The van der Waals surface area contributed by atoms with Crippen molar-refractivity contribution in [2.45, 2.75) is 0 Å². The van der Waals surface area contributed by atoms with Crippen LogP contribution in [0.15, 0.2) is 70.7 Å². The van der Waals surface area contributed by atoms with Crippen LogP contribution in [0.1, 0.15) is 5.76 Å². The summed E-state index contributed by atoms with van der Waals surface area (Å²) < 4.78 is 18.9. The number of nitrogens with zero attached hydrogens (tertiary/aromatic N) is 1. The second kappa shape index (κ2) is 7.68. The molecule has 1 heterocycles. The number of amides is 1. The SMILES string of the molecule is N#C/C(=C\c1ccc(-c2cccc(F)c2)o1)C(=O)Nc1ccc(Cl)cc1. The Balaban J connectivity index is 1.80. The molecular weight excluding hydrogens is 355 g/mol. The van der Waals surface area contributed by atoms with Gasteiger partial charge in [-0.15, -0.1) is 0 Å². The van der Waals surface area contributed by atoms with Crippen LogP contribution in [0.3, 0.4) is 0 Å². The van der Waals surface area contributed by atoms with Crippen LogP contribution in [0.5, 0.6) is 0 Å². The molecule has 0 fully saturated rings. The monoisotopic (exact) mass is 366 g/mol. The van der Waals surface area contributed by atoms with E-state index >= 15 is 0 Å². The lowest BCUT2D eigenvalue weighted by Crippen LogP contribution is -2.13. The molecule has 0 saturated heterocycles. The van der Waals surface area contributed by atoms with Gasteiger partial charge in [0.25, 0.3) is 5.91 Å². The summed E-state index contributed by atoms with van der Waals surface area (Å²) >= 11 is 5.80. The van der Waals surface area contributed by atoms with Crippen LogP contribution in [-0.4, -0.2) is 5.91 Å². The molecule has 0 radical (unpaired) electrons. The first kappa shape index (κ1) is 17.5. The number of nitriles is 1. The van der Waals surface area contributed by atoms with Crippen molar-refractivity contribution >= 4 is 29.3 Å². The molecule has 0 atom stereocenters. The van der Waals surface area contributed by atoms with Gasteiger partial charge in [-0.25, -0.2) is 4.39 Å². The summed E-state index contributed by atoms with van der Waals surface area (Å²) in [5, 5.41) is 12.4. The van der Waals surface area contributed by atoms with E-state index in [0.29, 0.717) is 27.8 Å². The highest BCUT2D eigenvalue weighted by Crippen LogP contribution is 2.24. The van der Waals surface area contributed by atoms with Crippen molar-refractivity contribution in [3.8, 4) is 17.4 Å². The van der Waals surface area contributed by atoms with E-state index in [2.05, 4.69) is 5.32 Å². The first-order valence-electron chi connectivity index (χ1n) is 7.59. The maximum Gasteiger partial charge on any atom is 0.266 e. The summed E-state index contributed by atoms with van der Waals surface area (Å²) in [5.41, 5.74) is 0.953. The number of halogens is 2. The molecule has 3 rings (SSSR count). The second-order valence-corrected chi connectivity index (χ2v) is 5.78. The van der Waals surface area contributed by atoms with Crippen molar-refractivity contribution in [2.75, 3.05) is 5.32 Å². The lowest BCUT2D eigenvalue weighted by atomic mass is 10.2. The molecule has 0 saturated carbocycles. The largest absolute Gasteiger partial charge is 0.457 e. The third-order valence-corrected chi connectivity index (χ3v) is 3.74. The standard InChI is InChI=1S/C20H12ClFN2O2/c21-15-4-6-17(7-5-15)24-20(25)14(12-23)11-18-8-9-19(26-18)13-2-1-3-16(22)10-13/h1-11H,(H,24,25)/b14-11+. The van der Waals surface area contributed by atoms with E-state index in [4.69, 9.17) is 16.0 Å². The quantitative estimate of drug-likeness (QED) is 0.504. The molecule has 128 valence electrons. The summed E-state index contributed by atoms with van der Waals surface area (Å²) in [6.45, 7) is 0. The summed E-state index contributed by atoms with van der Waals surface area (Å²) in [4.78, 5) is 12.2. The van der Waals surface area contributed by atoms with Crippen molar-refractivity contribution in [3.05, 3.63) is 82.8 Å². The molecule has 6 heteroatoms. The van der Waals surface area contributed by atoms with Gasteiger partial charge in [-0.3, -0.25) is 4.79 Å². The van der Waals surface area contributed by atoms with Crippen molar-refractivity contribution in [1.82, 2.24) is 0 Å². The molecular formula is C20H12ClFN2O2. The van der Waals surface area contributed by atoms with Crippen LogP contribution >= 0.6 is 11.6 Å². The Labute approximate surface area is 154 Å². The minimum absolute atomic E-state index is 0.125. The summed E-state index contributed by atoms with van der Waals surface area (Å²) in [6.07, 6.45) is 1.33. The maximum absolute atomic E-state index is 13.3. The Morgan fingerprint density at radius 2 is 1.92 bits per heavy atom. The number of benzene rings is 2. The van der Waals surface area contributed by atoms with E-state index < -0.39 is 5.91 Å². The zero-order valence-corrected chi connectivity index (χ0v) is 14.1. The summed E-state index contributed by atoms with van der Waals surface area (Å²) in [5.74, 6) is -0.201. The molecule has 1 N–H and O–H groups in total. The molecule has 3 aromatic rings. The van der Waals surface area contributed by atoms with Crippen LogP contribution in [0.2, 0.25) is 5.02 Å². The molecule has 2 aromatic carbocycles. The Kier molecular flexibility index (Phi) is 5.16. The van der Waals surface area contributed by atoms with E-state index in [1.807, 2.05) is 6.07 Å². The van der Waals surface area contributed by atoms with Gasteiger partial charge in [0.15, 0.2) is 0 Å². The van der Waals surface area contributed by atoms with Gasteiger partial charge in [-0.2, -0.15) is 5.26 Å². The third kappa shape index (κ3) is 4.18. The van der Waals surface area contributed by atoms with Gasteiger partial charge in [0.2, 0.25) is 0 Å². The molecule has 26 heavy (non-hydrogen) atoms. The molecule has 1 aromatic heterocycles. The zero-order chi connectivity index (χ0) is 18.5. The molecule has 4 nitrogen and oxygen atoms in total. The average Bonchev–Trinajstić information content (AvgIpc) is 3.10. The van der Waals surface area contributed by atoms with E-state index in [1.54, 1.807) is 48.5 Å². The van der Waals surface area contributed by atoms with Crippen LogP contribution in [0, 0.1) is 17.1 Å². The van der Waals surface area contributed by atoms with E-state index in [-0.39, 0.29) is 11.4 Å². The van der Waals surface area contributed by atoms with Crippen LogP contribution in [0.25, 0.3) is 17.4 Å². The van der Waals surface area contributed by atoms with E-state index in [9.17, 15) is 14.4 Å². The van der Waals surface area contributed by atoms with Gasteiger partial charge >= 0.3 is 0 Å². The minimum atomic E-state index is -0.571. The second-order valence-electron chi connectivity index (χ2n) is 5.34. The lowest BCUT2D eigenvalue weighted by molar-refractivity contribution is -0.112. The molecule has 0 spiro atoms. The van der Waals surface area contributed by atoms with Crippen LogP contribution in [-0.2, 0) is 4.79 Å². The van der Waals surface area contributed by atoms with Gasteiger partial charge in [0.1, 0.15) is 29.0 Å². The van der Waals surface area contributed by atoms with Gasteiger partial charge < -0.3 is 9.73 Å². The fourth-order valence-electron chi connectivity index (χ4n) is 2.25. The van der Waals surface area contributed by atoms with Crippen molar-refractivity contribution < 1.29 is 13.6 Å². The minimum Gasteiger partial charge on any atom is -0.457 e. The summed E-state index contributed by atoms with van der Waals surface area (Å²) in [7, 11) is 0. The van der Waals surface area contributed by atoms with Gasteiger partial charge in [-0.05, 0) is 48.5 Å². The molecule has 0 aliphatic rings. The Morgan fingerprint density at radius 1 is 1.15 bits per heavy atom. The zero-order valence-electron chi connectivity index (χ0n) is 13.4. The number of rotatable bonds is 4. The number of hydrogen-bond acceptors (Lipinski definition) is 3. The highest BCUT2D eigenvalue weighted by Gasteiger charge is 2.12. The van der Waals surface area contributed by atoms with Crippen molar-refractivity contribution in [3.63, 3.8) is 0 Å². The maximum atomic E-state index is 13.3. The Bertz CT molecular complexity index is 1020. The molecule has 0 bridgehead atoms. The van der Waals surface area contributed by atoms with Gasteiger partial charge in [0.05, 0.1) is 0 Å². The first-order valence-corrected chi connectivity index (χ1v) is 7.97. The van der Waals surface area contributed by atoms with Crippen molar-refractivity contribution in [2.24, 2.45) is 0 Å². The van der Waals surface area contributed by atoms with Crippen LogP contribution in [0.4, 0.5) is 10.1 Å². The predicted molar refractivity (Wildman–Crippen MR) is 97.8 cm³/mol. The molecule has 0 aliphatic heterocycles. The van der Waals surface area contributed by atoms with Gasteiger partial charge in [0, 0.05) is 22.3 Å². The number of anilines is 1. The van der Waals surface area contributed by atoms with E-state index in [1.165, 1.54) is 18.2 Å². The molecule has 1 amide bonds. The highest BCUT2D eigenvalue weighted by atomic mass is 35.5. The lowest BCUT2D eigenvalue weighted by Gasteiger charge is -2.03. The van der Waals surface area contributed by atoms with Crippen molar-refractivity contribution in [1.29, 1.82) is 5.26 Å². The van der Waals surface area contributed by atoms with E-state index in [0.717, 1.165) is 0 Å². The van der Waals surface area contributed by atoms with Gasteiger partial charge in [-0.1, -0.05) is 23.7 Å². The molecule has 0 aliphatic carbocycles. The topological polar surface area (TPSA) is 66.0 Å². The number of carbonyl (C=O) groups is 1. The third-order valence-electron chi connectivity index (χ3n) is 3.49. The Hall–Kier alpha value is -3.36. The Morgan fingerprint density at radius 3 is 2.62 bits per heavy atom. The highest BCUT2D eigenvalue weighted by molar-refractivity contribution is 6.30.